The van der Waals surface area contributed by atoms with Crippen LogP contribution in [-0.2, 0) is 4.79 Å². The second kappa shape index (κ2) is 9.47. The number of halogens is 1. The Hall–Kier alpha value is -3.00. The summed E-state index contributed by atoms with van der Waals surface area (Å²) in [4.78, 5) is 37.8. The van der Waals surface area contributed by atoms with Gasteiger partial charge in [0, 0.05) is 35.3 Å². The average molecular weight is 458 g/mol. The van der Waals surface area contributed by atoms with Crippen LogP contribution in [0.1, 0.15) is 35.2 Å². The quantitative estimate of drug-likeness (QED) is 0.414. The Morgan fingerprint density at radius 3 is 2.38 bits per heavy atom. The van der Waals surface area contributed by atoms with E-state index in [1.165, 1.54) is 12.1 Å². The zero-order valence-electron chi connectivity index (χ0n) is 15.6. The maximum atomic E-state index is 13.0. The third-order valence-electron chi connectivity index (χ3n) is 4.62. The summed E-state index contributed by atoms with van der Waals surface area (Å²) in [6.07, 6.45) is 4.48. The number of rotatable bonds is 5. The van der Waals surface area contributed by atoms with Gasteiger partial charge in [-0.2, -0.15) is 0 Å². The number of likely N-dealkylation sites (tertiary alicyclic amines) is 1. The van der Waals surface area contributed by atoms with Gasteiger partial charge in [-0.15, -0.1) is 0 Å². The highest BCUT2D eigenvalue weighted by Crippen LogP contribution is 2.18. The zero-order chi connectivity index (χ0) is 20.8. The molecule has 29 heavy (non-hydrogen) atoms. The highest BCUT2D eigenvalue weighted by atomic mass is 79.9. The molecule has 0 bridgehead atoms. The summed E-state index contributed by atoms with van der Waals surface area (Å²) in [6, 6.07) is 12.7. The Balaban J connectivity index is 1.89. The Bertz CT molecular complexity index is 951. The minimum absolute atomic E-state index is 0.0378. The molecule has 0 atom stereocenters. The van der Waals surface area contributed by atoms with Gasteiger partial charge in [0.2, 0.25) is 0 Å². The molecule has 0 unspecified atom stereocenters. The molecule has 0 spiro atoms. The van der Waals surface area contributed by atoms with Gasteiger partial charge in [0.1, 0.15) is 5.70 Å². The first-order chi connectivity index (χ1) is 13.9. The van der Waals surface area contributed by atoms with Crippen molar-refractivity contribution < 1.29 is 14.5 Å². The maximum Gasteiger partial charge on any atom is 0.270 e. The predicted octanol–water partition coefficient (Wildman–Crippen LogP) is 4.14. The highest BCUT2D eigenvalue weighted by molar-refractivity contribution is 9.10. The molecule has 150 valence electrons. The molecular weight excluding hydrogens is 438 g/mol. The van der Waals surface area contributed by atoms with E-state index < -0.39 is 10.8 Å². The van der Waals surface area contributed by atoms with E-state index in [0.717, 1.165) is 23.7 Å². The lowest BCUT2D eigenvalue weighted by Crippen LogP contribution is -2.41. The van der Waals surface area contributed by atoms with Crippen molar-refractivity contribution in [3.63, 3.8) is 0 Å². The number of carbonyl (C=O) groups excluding carboxylic acids is 2. The Labute approximate surface area is 176 Å². The van der Waals surface area contributed by atoms with Gasteiger partial charge in [-0.3, -0.25) is 19.7 Å². The SMILES string of the molecule is O=C(N/C(=C\c1ccc([N+](=O)[O-])cc1)C(=O)N1CCCCC1)c1cccc(Br)c1. The number of carbonyl (C=O) groups is 2. The first-order valence-electron chi connectivity index (χ1n) is 9.26. The van der Waals surface area contributed by atoms with Crippen LogP contribution in [0.2, 0.25) is 0 Å². The minimum Gasteiger partial charge on any atom is -0.337 e. The largest absolute Gasteiger partial charge is 0.337 e. The number of nitrogens with zero attached hydrogens (tertiary/aromatic N) is 2. The van der Waals surface area contributed by atoms with E-state index in [4.69, 9.17) is 0 Å². The molecule has 0 aliphatic carbocycles. The van der Waals surface area contributed by atoms with Crippen molar-refractivity contribution >= 4 is 39.5 Å². The second-order valence-corrected chi connectivity index (χ2v) is 7.64. The molecule has 0 radical (unpaired) electrons. The van der Waals surface area contributed by atoms with Crippen LogP contribution in [0, 0.1) is 10.1 Å². The van der Waals surface area contributed by atoms with Crippen LogP contribution < -0.4 is 5.32 Å². The fraction of sp³-hybridized carbons (Fsp3) is 0.238. The number of benzene rings is 2. The fourth-order valence-corrected chi connectivity index (χ4v) is 3.50. The van der Waals surface area contributed by atoms with Gasteiger partial charge in [-0.05, 0) is 61.2 Å². The topological polar surface area (TPSA) is 92.5 Å². The lowest BCUT2D eigenvalue weighted by molar-refractivity contribution is -0.384. The molecule has 1 aliphatic rings. The number of nitrogens with one attached hydrogen (secondary N) is 1. The van der Waals surface area contributed by atoms with Crippen LogP contribution >= 0.6 is 15.9 Å². The number of hydrogen-bond acceptors (Lipinski definition) is 4. The molecule has 2 amide bonds. The summed E-state index contributed by atoms with van der Waals surface area (Å²) in [6.45, 7) is 1.28. The average Bonchev–Trinajstić information content (AvgIpc) is 2.73. The summed E-state index contributed by atoms with van der Waals surface area (Å²) >= 11 is 3.34. The van der Waals surface area contributed by atoms with Crippen molar-refractivity contribution in [1.29, 1.82) is 0 Å². The Kier molecular flexibility index (Phi) is 6.77. The summed E-state index contributed by atoms with van der Waals surface area (Å²) in [5, 5.41) is 13.6. The third kappa shape index (κ3) is 5.51. The summed E-state index contributed by atoms with van der Waals surface area (Å²) in [7, 11) is 0. The monoisotopic (exact) mass is 457 g/mol. The molecule has 1 fully saturated rings. The molecule has 7 nitrogen and oxygen atoms in total. The van der Waals surface area contributed by atoms with Gasteiger partial charge in [0.15, 0.2) is 0 Å². The van der Waals surface area contributed by atoms with Crippen LogP contribution in [0.4, 0.5) is 5.69 Å². The first kappa shape index (κ1) is 20.7. The Morgan fingerprint density at radius 2 is 1.76 bits per heavy atom. The number of piperidine rings is 1. The number of amides is 2. The molecule has 1 aliphatic heterocycles. The van der Waals surface area contributed by atoms with Crippen molar-refractivity contribution in [2.24, 2.45) is 0 Å². The third-order valence-corrected chi connectivity index (χ3v) is 5.12. The van der Waals surface area contributed by atoms with E-state index in [1.54, 1.807) is 41.3 Å². The van der Waals surface area contributed by atoms with Crippen molar-refractivity contribution in [3.05, 3.63) is 79.9 Å². The molecule has 1 saturated heterocycles. The molecule has 8 heteroatoms. The molecule has 2 aromatic rings. The summed E-state index contributed by atoms with van der Waals surface area (Å²) in [5.74, 6) is -0.656. The van der Waals surface area contributed by atoms with Gasteiger partial charge in [0.05, 0.1) is 4.92 Å². The van der Waals surface area contributed by atoms with Crippen molar-refractivity contribution in [1.82, 2.24) is 10.2 Å². The van der Waals surface area contributed by atoms with E-state index in [0.29, 0.717) is 24.2 Å². The fourth-order valence-electron chi connectivity index (χ4n) is 3.10. The van der Waals surface area contributed by atoms with Crippen molar-refractivity contribution in [2.45, 2.75) is 19.3 Å². The highest BCUT2D eigenvalue weighted by Gasteiger charge is 2.22. The van der Waals surface area contributed by atoms with Crippen LogP contribution in [-0.4, -0.2) is 34.7 Å². The van der Waals surface area contributed by atoms with Crippen LogP contribution in [0.15, 0.2) is 58.7 Å². The van der Waals surface area contributed by atoms with Gasteiger partial charge in [-0.25, -0.2) is 0 Å². The number of nitro groups is 1. The molecule has 2 aromatic carbocycles. The first-order valence-corrected chi connectivity index (χ1v) is 10.1. The van der Waals surface area contributed by atoms with Crippen LogP contribution in [0.3, 0.4) is 0 Å². The number of nitro benzene ring substituents is 1. The van der Waals surface area contributed by atoms with Crippen molar-refractivity contribution in [2.75, 3.05) is 13.1 Å². The molecule has 1 heterocycles. The summed E-state index contributed by atoms with van der Waals surface area (Å²) in [5.41, 5.74) is 1.11. The maximum absolute atomic E-state index is 13.0. The van der Waals surface area contributed by atoms with E-state index >= 15 is 0 Å². The second-order valence-electron chi connectivity index (χ2n) is 6.72. The van der Waals surface area contributed by atoms with Crippen molar-refractivity contribution in [3.8, 4) is 0 Å². The molecule has 3 rings (SSSR count). The summed E-state index contributed by atoms with van der Waals surface area (Å²) < 4.78 is 0.758. The van der Waals surface area contributed by atoms with E-state index in [1.807, 2.05) is 6.07 Å². The predicted molar refractivity (Wildman–Crippen MR) is 113 cm³/mol. The van der Waals surface area contributed by atoms with E-state index in [-0.39, 0.29) is 17.3 Å². The lowest BCUT2D eigenvalue weighted by Gasteiger charge is -2.27. The lowest BCUT2D eigenvalue weighted by atomic mass is 10.1. The van der Waals surface area contributed by atoms with E-state index in [2.05, 4.69) is 21.2 Å². The molecule has 0 saturated carbocycles. The van der Waals surface area contributed by atoms with E-state index in [9.17, 15) is 19.7 Å². The van der Waals surface area contributed by atoms with Gasteiger partial charge in [-0.1, -0.05) is 22.0 Å². The van der Waals surface area contributed by atoms with Crippen LogP contribution in [0.25, 0.3) is 6.08 Å². The van der Waals surface area contributed by atoms with Gasteiger partial charge >= 0.3 is 0 Å². The van der Waals surface area contributed by atoms with Gasteiger partial charge < -0.3 is 10.2 Å². The minimum atomic E-state index is -0.484. The normalized spacial score (nSPS) is 14.4. The molecular formula is C21H20BrN3O4. The van der Waals surface area contributed by atoms with Gasteiger partial charge in [0.25, 0.3) is 17.5 Å². The number of hydrogen-bond donors (Lipinski definition) is 1. The number of non-ortho nitro benzene ring substituents is 1. The molecule has 0 aromatic heterocycles. The Morgan fingerprint density at radius 1 is 1.07 bits per heavy atom. The van der Waals surface area contributed by atoms with Crippen LogP contribution in [0.5, 0.6) is 0 Å². The standard InChI is InChI=1S/C21H20BrN3O4/c22-17-6-4-5-16(14-17)20(26)23-19(21(27)24-11-2-1-3-12-24)13-15-7-9-18(10-8-15)25(28)29/h4-10,13-14H,1-3,11-12H2,(H,23,26)/b19-13-. The smallest absolute Gasteiger partial charge is 0.270 e. The zero-order valence-corrected chi connectivity index (χ0v) is 17.2. The molecule has 1 N–H and O–H groups in total.